The topological polar surface area (TPSA) is 64.0 Å². The Balaban J connectivity index is 2.25. The summed E-state index contributed by atoms with van der Waals surface area (Å²) in [6, 6.07) is 5.88. The first-order valence-electron chi connectivity index (χ1n) is 5.04. The van der Waals surface area contributed by atoms with E-state index < -0.39 is 11.0 Å². The zero-order chi connectivity index (χ0) is 12.0. The van der Waals surface area contributed by atoms with Crippen molar-refractivity contribution in [3.63, 3.8) is 0 Å². The van der Waals surface area contributed by atoms with Crippen molar-refractivity contribution < 1.29 is 9.00 Å². The van der Waals surface area contributed by atoms with Crippen LogP contribution in [-0.2, 0) is 15.8 Å². The Morgan fingerprint density at radius 1 is 1.41 bits per heavy atom. The van der Waals surface area contributed by atoms with Crippen molar-refractivity contribution in [2.75, 3.05) is 0 Å². The van der Waals surface area contributed by atoms with Crippen molar-refractivity contribution in [1.29, 1.82) is 0 Å². The molecular weight excluding hydrogens is 238 g/mol. The number of hydrogen-bond acceptors (Lipinski definition) is 3. The smallest absolute Gasteiger partial charge is 0.258 e. The van der Waals surface area contributed by atoms with Crippen LogP contribution in [0.5, 0.6) is 0 Å². The van der Waals surface area contributed by atoms with Gasteiger partial charge in [0.25, 0.3) is 5.91 Å². The molecular formula is C11H9N3O2S. The minimum Gasteiger partial charge on any atom is -0.269 e. The van der Waals surface area contributed by atoms with Crippen LogP contribution in [0.15, 0.2) is 30.5 Å². The molecule has 0 bridgehead atoms. The van der Waals surface area contributed by atoms with E-state index in [2.05, 4.69) is 9.82 Å². The first kappa shape index (κ1) is 10.2. The van der Waals surface area contributed by atoms with Gasteiger partial charge in [0, 0.05) is 11.5 Å². The zero-order valence-corrected chi connectivity index (χ0v) is 9.82. The molecule has 0 spiro atoms. The Morgan fingerprint density at radius 2 is 2.24 bits per heavy atom. The number of rotatable bonds is 1. The highest BCUT2D eigenvalue weighted by atomic mass is 32.2. The summed E-state index contributed by atoms with van der Waals surface area (Å²) in [4.78, 5) is 11.1. The second kappa shape index (κ2) is 3.53. The van der Waals surface area contributed by atoms with Crippen LogP contribution >= 0.6 is 0 Å². The molecule has 1 atom stereocenters. The fourth-order valence-electron chi connectivity index (χ4n) is 1.78. The van der Waals surface area contributed by atoms with Gasteiger partial charge >= 0.3 is 0 Å². The lowest BCUT2D eigenvalue weighted by Gasteiger charge is -2.02. The quantitative estimate of drug-likeness (QED) is 0.815. The Bertz CT molecular complexity index is 687. The van der Waals surface area contributed by atoms with Crippen LogP contribution in [0.2, 0.25) is 0 Å². The summed E-state index contributed by atoms with van der Waals surface area (Å²) in [5.74, 6) is -0.352. The van der Waals surface area contributed by atoms with Gasteiger partial charge in [-0.3, -0.25) is 9.52 Å². The van der Waals surface area contributed by atoms with Crippen molar-refractivity contribution in [2.24, 2.45) is 0 Å². The third-order valence-electron chi connectivity index (χ3n) is 2.57. The molecule has 1 unspecified atom stereocenters. The number of nitrogens with zero attached hydrogens (tertiary/aromatic N) is 2. The molecule has 3 rings (SSSR count). The number of carbonyl (C=O) groups is 1. The van der Waals surface area contributed by atoms with E-state index in [1.54, 1.807) is 6.20 Å². The van der Waals surface area contributed by atoms with Crippen LogP contribution in [0.3, 0.4) is 0 Å². The molecule has 17 heavy (non-hydrogen) atoms. The Labute approximate surface area is 99.7 Å². The SMILES string of the molecule is Cc1ccc2cnn(C3=CC(=O)NS3=O)c2c1. The summed E-state index contributed by atoms with van der Waals surface area (Å²) in [6.07, 6.45) is 3.00. The van der Waals surface area contributed by atoms with Gasteiger partial charge in [-0.25, -0.2) is 8.89 Å². The predicted molar refractivity (Wildman–Crippen MR) is 65.0 cm³/mol. The minimum atomic E-state index is -1.52. The second-order valence-electron chi connectivity index (χ2n) is 3.84. The first-order valence-corrected chi connectivity index (χ1v) is 6.19. The van der Waals surface area contributed by atoms with Gasteiger partial charge in [-0.2, -0.15) is 5.10 Å². The van der Waals surface area contributed by atoms with Crippen LogP contribution in [-0.4, -0.2) is 19.9 Å². The number of aromatic nitrogens is 2. The summed E-state index contributed by atoms with van der Waals surface area (Å²) >= 11 is 0. The fourth-order valence-corrected chi connectivity index (χ4v) is 2.65. The summed E-state index contributed by atoms with van der Waals surface area (Å²) in [6.45, 7) is 1.97. The monoisotopic (exact) mass is 247 g/mol. The van der Waals surface area contributed by atoms with Crippen LogP contribution in [0.4, 0.5) is 0 Å². The number of hydrogen-bond donors (Lipinski definition) is 1. The van der Waals surface area contributed by atoms with Crippen LogP contribution in [0.1, 0.15) is 5.56 Å². The van der Waals surface area contributed by atoms with E-state index in [1.165, 1.54) is 10.8 Å². The summed E-state index contributed by atoms with van der Waals surface area (Å²) in [5.41, 5.74) is 1.93. The molecule has 0 saturated carbocycles. The third kappa shape index (κ3) is 1.57. The minimum absolute atomic E-state index is 0.352. The van der Waals surface area contributed by atoms with E-state index >= 15 is 0 Å². The molecule has 1 aromatic carbocycles. The molecule has 1 aliphatic rings. The van der Waals surface area contributed by atoms with Gasteiger partial charge in [0.2, 0.25) is 0 Å². The highest BCUT2D eigenvalue weighted by Gasteiger charge is 2.22. The van der Waals surface area contributed by atoms with Crippen molar-refractivity contribution in [3.05, 3.63) is 36.0 Å². The Hall–Kier alpha value is -1.95. The van der Waals surface area contributed by atoms with E-state index in [4.69, 9.17) is 0 Å². The maximum absolute atomic E-state index is 11.7. The van der Waals surface area contributed by atoms with Crippen LogP contribution in [0, 0.1) is 6.92 Å². The fraction of sp³-hybridized carbons (Fsp3) is 0.0909. The van der Waals surface area contributed by atoms with Gasteiger partial charge < -0.3 is 0 Å². The molecule has 0 aliphatic carbocycles. The summed E-state index contributed by atoms with van der Waals surface area (Å²) in [7, 11) is -1.52. The predicted octanol–water partition coefficient (Wildman–Crippen LogP) is 0.937. The largest absolute Gasteiger partial charge is 0.269 e. The molecule has 6 heteroatoms. The number of carbonyl (C=O) groups excluding carboxylic acids is 1. The zero-order valence-electron chi connectivity index (χ0n) is 9.01. The van der Waals surface area contributed by atoms with Gasteiger partial charge in [0.15, 0.2) is 16.0 Å². The van der Waals surface area contributed by atoms with Crippen molar-refractivity contribution in [1.82, 2.24) is 14.5 Å². The molecule has 0 fully saturated rings. The van der Waals surface area contributed by atoms with E-state index in [0.717, 1.165) is 16.5 Å². The lowest BCUT2D eigenvalue weighted by atomic mass is 10.2. The average Bonchev–Trinajstić information content (AvgIpc) is 2.81. The maximum Gasteiger partial charge on any atom is 0.258 e. The molecule has 2 heterocycles. The average molecular weight is 247 g/mol. The van der Waals surface area contributed by atoms with Crippen molar-refractivity contribution >= 4 is 32.8 Å². The molecule has 0 saturated heterocycles. The molecule has 2 aromatic rings. The molecule has 86 valence electrons. The molecule has 1 amide bonds. The normalized spacial score (nSPS) is 19.5. The summed E-state index contributed by atoms with van der Waals surface area (Å²) < 4.78 is 15.5. The van der Waals surface area contributed by atoms with Gasteiger partial charge in [-0.15, -0.1) is 0 Å². The third-order valence-corrected chi connectivity index (χ3v) is 3.63. The lowest BCUT2D eigenvalue weighted by molar-refractivity contribution is -0.114. The number of benzene rings is 1. The van der Waals surface area contributed by atoms with Crippen molar-refractivity contribution in [3.8, 4) is 0 Å². The summed E-state index contributed by atoms with van der Waals surface area (Å²) in [5, 5.41) is 5.49. The Kier molecular flexibility index (Phi) is 2.12. The number of amides is 1. The molecule has 1 N–H and O–H groups in total. The van der Waals surface area contributed by atoms with Crippen LogP contribution in [0.25, 0.3) is 15.9 Å². The van der Waals surface area contributed by atoms with E-state index in [0.29, 0.717) is 5.03 Å². The number of fused-ring (bicyclic) bond motifs is 1. The first-order chi connectivity index (χ1) is 8.15. The van der Waals surface area contributed by atoms with Crippen molar-refractivity contribution in [2.45, 2.75) is 6.92 Å². The molecule has 5 nitrogen and oxygen atoms in total. The molecule has 1 aromatic heterocycles. The molecule has 0 radical (unpaired) electrons. The molecule has 1 aliphatic heterocycles. The van der Waals surface area contributed by atoms with Gasteiger partial charge in [0.05, 0.1) is 11.7 Å². The number of aryl methyl sites for hydroxylation is 1. The van der Waals surface area contributed by atoms with Gasteiger partial charge in [-0.05, 0) is 18.6 Å². The highest BCUT2D eigenvalue weighted by molar-refractivity contribution is 7.93. The van der Waals surface area contributed by atoms with E-state index in [-0.39, 0.29) is 5.91 Å². The number of nitrogens with one attached hydrogen (secondary N) is 1. The maximum atomic E-state index is 11.7. The van der Waals surface area contributed by atoms with E-state index in [1.807, 2.05) is 25.1 Å². The lowest BCUT2D eigenvalue weighted by Crippen LogP contribution is -2.17. The van der Waals surface area contributed by atoms with Crippen LogP contribution < -0.4 is 4.72 Å². The highest BCUT2D eigenvalue weighted by Crippen LogP contribution is 2.21. The van der Waals surface area contributed by atoms with Gasteiger partial charge in [0.1, 0.15) is 0 Å². The Morgan fingerprint density at radius 3 is 2.94 bits per heavy atom. The second-order valence-corrected chi connectivity index (χ2v) is 5.00. The standard InChI is InChI=1S/C11H9N3O2S/c1-7-2-3-8-6-12-14(9(8)4-7)11-5-10(15)13-17(11)16/h2-6H,1H3,(H,13,15). The van der Waals surface area contributed by atoms with Gasteiger partial charge in [-0.1, -0.05) is 12.1 Å². The van der Waals surface area contributed by atoms with E-state index in [9.17, 15) is 9.00 Å².